The Morgan fingerprint density at radius 2 is 1.13 bits per heavy atom. The van der Waals surface area contributed by atoms with Gasteiger partial charge in [0.15, 0.2) is 34.5 Å². The lowest BCUT2D eigenvalue weighted by Gasteiger charge is -2.29. The fourth-order valence-electron chi connectivity index (χ4n) is 5.96. The lowest BCUT2D eigenvalue weighted by molar-refractivity contribution is 0.104. The third-order valence-corrected chi connectivity index (χ3v) is 8.59. The van der Waals surface area contributed by atoms with Gasteiger partial charge >= 0.3 is 0 Å². The number of benzene rings is 4. The summed E-state index contributed by atoms with van der Waals surface area (Å²) < 4.78 is 38.5. The van der Waals surface area contributed by atoms with Crippen LogP contribution in [0.5, 0.6) is 40.2 Å². The van der Waals surface area contributed by atoms with Crippen molar-refractivity contribution in [2.45, 2.75) is 76.0 Å². The van der Waals surface area contributed by atoms with Crippen LogP contribution in [-0.4, -0.2) is 45.2 Å². The molecule has 4 aromatic rings. The molecular formula is C46H58O7. The second-order valence-corrected chi connectivity index (χ2v) is 12.8. The van der Waals surface area contributed by atoms with Crippen molar-refractivity contribution in [1.29, 1.82) is 0 Å². The van der Waals surface area contributed by atoms with E-state index in [1.165, 1.54) is 33.4 Å². The molecule has 0 bridgehead atoms. The second kappa shape index (κ2) is 19.5. The van der Waals surface area contributed by atoms with Crippen LogP contribution in [0.3, 0.4) is 0 Å². The summed E-state index contributed by atoms with van der Waals surface area (Å²) in [4.78, 5) is 0. The molecule has 53 heavy (non-hydrogen) atoms. The maximum absolute atomic E-state index is 6.07. The molecule has 7 heteroatoms. The van der Waals surface area contributed by atoms with Gasteiger partial charge in [0.25, 0.3) is 0 Å². The summed E-state index contributed by atoms with van der Waals surface area (Å²) in [6.45, 7) is 15.7. The summed E-state index contributed by atoms with van der Waals surface area (Å²) in [7, 11) is 0. The zero-order valence-electron chi connectivity index (χ0n) is 29.8. The van der Waals surface area contributed by atoms with Gasteiger partial charge in [0.05, 0.1) is 0 Å². The zero-order valence-corrected chi connectivity index (χ0v) is 29.8. The number of ether oxygens (including phenoxy) is 7. The van der Waals surface area contributed by atoms with Crippen molar-refractivity contribution < 1.29 is 33.2 Å². The van der Waals surface area contributed by atoms with E-state index >= 15 is 0 Å². The highest BCUT2D eigenvalue weighted by atomic mass is 16.6. The van der Waals surface area contributed by atoms with Crippen LogP contribution in [0.1, 0.15) is 65.3 Å². The number of allylic oxidation sites excluding steroid dienone is 3. The Kier molecular flexibility index (Phi) is 15.5. The molecule has 0 fully saturated rings. The zero-order chi connectivity index (χ0) is 35.0. The Morgan fingerprint density at radius 1 is 0.528 bits per heavy atom. The number of fused-ring (bicyclic) bond motifs is 5. The minimum Gasteiger partial charge on any atom is -0.486 e. The van der Waals surface area contributed by atoms with E-state index in [4.69, 9.17) is 33.2 Å². The van der Waals surface area contributed by atoms with Crippen LogP contribution in [0.25, 0.3) is 5.57 Å². The van der Waals surface area contributed by atoms with Crippen LogP contribution < -0.4 is 33.2 Å². The molecule has 0 saturated carbocycles. The van der Waals surface area contributed by atoms with Gasteiger partial charge in [-0.05, 0) is 112 Å². The van der Waals surface area contributed by atoms with Crippen molar-refractivity contribution in [1.82, 2.24) is 0 Å². The van der Waals surface area contributed by atoms with Crippen molar-refractivity contribution in [3.05, 3.63) is 130 Å². The molecule has 4 aliphatic heterocycles. The smallest absolute Gasteiger partial charge is 0.164 e. The van der Waals surface area contributed by atoms with Gasteiger partial charge in [0, 0.05) is 5.56 Å². The first kappa shape index (κ1) is 42.1. The van der Waals surface area contributed by atoms with E-state index in [0.717, 1.165) is 45.8 Å². The SMILES string of the molecule is C.C.C.CC1=CC2Oc3cc(C)ccc3C(C)=C2C=C1.CC1COc2ccccc2O1.Cc1ccc2c(c1)OCCO2.Cc1cccc2c1OCCO2. The van der Waals surface area contributed by atoms with Crippen molar-refractivity contribution >= 4 is 5.57 Å². The molecule has 0 N–H and O–H groups in total. The topological polar surface area (TPSA) is 64.6 Å². The monoisotopic (exact) mass is 722 g/mol. The van der Waals surface area contributed by atoms with Crippen LogP contribution in [0.4, 0.5) is 0 Å². The highest BCUT2D eigenvalue weighted by Crippen LogP contribution is 2.39. The summed E-state index contributed by atoms with van der Waals surface area (Å²) in [5, 5.41) is 0. The average molecular weight is 723 g/mol. The van der Waals surface area contributed by atoms with E-state index in [1.807, 2.05) is 81.4 Å². The molecule has 2 atom stereocenters. The molecule has 2 unspecified atom stereocenters. The first-order valence-electron chi connectivity index (χ1n) is 17.2. The van der Waals surface area contributed by atoms with Crippen molar-refractivity contribution in [3.63, 3.8) is 0 Å². The van der Waals surface area contributed by atoms with Gasteiger partial charge in [-0.3, -0.25) is 0 Å². The van der Waals surface area contributed by atoms with E-state index in [0.29, 0.717) is 33.0 Å². The van der Waals surface area contributed by atoms with E-state index in [2.05, 4.69) is 57.2 Å². The van der Waals surface area contributed by atoms with Crippen LogP contribution >= 0.6 is 0 Å². The quantitative estimate of drug-likeness (QED) is 0.179. The second-order valence-electron chi connectivity index (χ2n) is 12.8. The van der Waals surface area contributed by atoms with Gasteiger partial charge in [-0.1, -0.05) is 82.5 Å². The molecule has 0 aromatic heterocycles. The fourth-order valence-corrected chi connectivity index (χ4v) is 5.96. The molecule has 7 nitrogen and oxygen atoms in total. The number of hydrogen-bond donors (Lipinski definition) is 0. The molecule has 0 radical (unpaired) electrons. The lowest BCUT2D eigenvalue weighted by atomic mass is 9.89. The molecular weight excluding hydrogens is 664 g/mol. The van der Waals surface area contributed by atoms with Gasteiger partial charge in [0.2, 0.25) is 0 Å². The number of para-hydroxylation sites is 3. The summed E-state index contributed by atoms with van der Waals surface area (Å²) in [5.74, 6) is 6.22. The van der Waals surface area contributed by atoms with Crippen LogP contribution in [0.2, 0.25) is 0 Å². The molecule has 284 valence electrons. The summed E-state index contributed by atoms with van der Waals surface area (Å²) in [6, 6.07) is 26.0. The van der Waals surface area contributed by atoms with Crippen LogP contribution in [0.15, 0.2) is 108 Å². The van der Waals surface area contributed by atoms with Gasteiger partial charge < -0.3 is 33.2 Å². The average Bonchev–Trinajstić information content (AvgIpc) is 3.12. The van der Waals surface area contributed by atoms with Gasteiger partial charge in [-0.2, -0.15) is 0 Å². The van der Waals surface area contributed by atoms with Gasteiger partial charge in [0.1, 0.15) is 51.0 Å². The number of rotatable bonds is 0. The molecule has 0 spiro atoms. The third kappa shape index (κ3) is 10.6. The van der Waals surface area contributed by atoms with E-state index in [1.54, 1.807) is 0 Å². The minimum atomic E-state index is 0. The normalized spacial score (nSPS) is 17.4. The lowest BCUT2D eigenvalue weighted by Crippen LogP contribution is -2.25. The first-order valence-corrected chi connectivity index (χ1v) is 17.2. The maximum atomic E-state index is 6.07. The Hall–Kier alpha value is -5.30. The fraction of sp³-hybridized carbons (Fsp3) is 0.348. The van der Waals surface area contributed by atoms with E-state index in [9.17, 15) is 0 Å². The molecule has 9 rings (SSSR count). The standard InChI is InChI=1S/C16H16O.3C9H10O2.3CH4/c1-10-4-6-13-12(3)14-7-5-11(2)9-16(14)17-15(13)8-10;1-7-2-3-8-9(6-7)11-5-4-10-8;1-7-3-2-4-8-9(7)11-6-5-10-8;1-7-6-10-8-4-2-3-5-9(8)11-7;;;/h4-9,15H,1-3H3;2-3,6H,4-5H2,1H3;2-4H,5-6H2,1H3;2-5,7H,6H2,1H3;3*1H4. The Morgan fingerprint density at radius 3 is 1.87 bits per heavy atom. The van der Waals surface area contributed by atoms with Crippen LogP contribution in [0, 0.1) is 20.8 Å². The predicted octanol–water partition coefficient (Wildman–Crippen LogP) is 11.3. The van der Waals surface area contributed by atoms with Crippen molar-refractivity contribution in [2.24, 2.45) is 0 Å². The highest BCUT2D eigenvalue weighted by molar-refractivity contribution is 5.77. The number of hydrogen-bond acceptors (Lipinski definition) is 7. The predicted molar refractivity (Wildman–Crippen MR) is 218 cm³/mol. The molecule has 0 amide bonds. The molecule has 4 aromatic carbocycles. The minimum absolute atomic E-state index is 0. The Labute approximate surface area is 317 Å². The molecule has 5 aliphatic rings. The Bertz CT molecular complexity index is 1900. The maximum Gasteiger partial charge on any atom is 0.164 e. The van der Waals surface area contributed by atoms with Gasteiger partial charge in [-0.15, -0.1) is 0 Å². The molecule has 0 saturated heterocycles. The van der Waals surface area contributed by atoms with Crippen molar-refractivity contribution in [3.8, 4) is 40.2 Å². The summed E-state index contributed by atoms with van der Waals surface area (Å²) in [6.07, 6.45) is 6.78. The third-order valence-electron chi connectivity index (χ3n) is 8.59. The largest absolute Gasteiger partial charge is 0.486 e. The van der Waals surface area contributed by atoms with Crippen molar-refractivity contribution in [2.75, 3.05) is 33.0 Å². The Balaban J connectivity index is 0.000000190. The number of aryl methyl sites for hydroxylation is 3. The van der Waals surface area contributed by atoms with E-state index in [-0.39, 0.29) is 34.5 Å². The summed E-state index contributed by atoms with van der Waals surface area (Å²) in [5.41, 5.74) is 8.69. The summed E-state index contributed by atoms with van der Waals surface area (Å²) >= 11 is 0. The van der Waals surface area contributed by atoms with Crippen LogP contribution in [-0.2, 0) is 0 Å². The molecule has 1 aliphatic carbocycles. The molecule has 4 heterocycles. The highest BCUT2D eigenvalue weighted by Gasteiger charge is 2.25. The van der Waals surface area contributed by atoms with Gasteiger partial charge in [-0.25, -0.2) is 0 Å². The first-order chi connectivity index (χ1) is 24.2. The van der Waals surface area contributed by atoms with E-state index < -0.39 is 0 Å².